The van der Waals surface area contributed by atoms with Crippen LogP contribution in [0.15, 0.2) is 47.2 Å². The first-order chi connectivity index (χ1) is 14.8. The largest absolute Gasteiger partial charge is 0.481 e. The molecular weight excluding hydrogens is 378 g/mol. The van der Waals surface area contributed by atoms with Gasteiger partial charge in [0, 0.05) is 49.9 Å². The van der Waals surface area contributed by atoms with Gasteiger partial charge in [-0.15, -0.1) is 0 Å². The first-order valence-electron chi connectivity index (χ1n) is 10.8. The van der Waals surface area contributed by atoms with Crippen LogP contribution in [0.4, 0.5) is 0 Å². The molecule has 2 atom stereocenters. The Balaban J connectivity index is 1.39. The fourth-order valence-corrected chi connectivity index (χ4v) is 4.83. The molecule has 7 heteroatoms. The first kappa shape index (κ1) is 19.2. The third-order valence-electron chi connectivity index (χ3n) is 6.38. The minimum atomic E-state index is 0.155. The van der Waals surface area contributed by atoms with Crippen molar-refractivity contribution in [3.63, 3.8) is 0 Å². The maximum Gasteiger partial charge on any atom is 0.231 e. The maximum absolute atomic E-state index is 5.80. The average Bonchev–Trinajstić information content (AvgIpc) is 3.54. The van der Waals surface area contributed by atoms with Crippen molar-refractivity contribution in [3.8, 4) is 5.88 Å². The molecule has 0 unspecified atom stereocenters. The first-order valence-corrected chi connectivity index (χ1v) is 10.8. The Labute approximate surface area is 176 Å². The smallest absolute Gasteiger partial charge is 0.231 e. The van der Waals surface area contributed by atoms with E-state index in [9.17, 15) is 0 Å². The lowest BCUT2D eigenvalue weighted by molar-refractivity contribution is 0.303. The highest BCUT2D eigenvalue weighted by atomic mass is 16.5. The van der Waals surface area contributed by atoms with Crippen LogP contribution in [0.5, 0.6) is 5.88 Å². The van der Waals surface area contributed by atoms with Gasteiger partial charge in [-0.05, 0) is 30.5 Å². The lowest BCUT2D eigenvalue weighted by Crippen LogP contribution is -2.21. The molecule has 1 aliphatic heterocycles. The van der Waals surface area contributed by atoms with Gasteiger partial charge in [0.15, 0.2) is 5.82 Å². The minimum absolute atomic E-state index is 0.155. The van der Waals surface area contributed by atoms with Gasteiger partial charge in [0.05, 0.1) is 18.7 Å². The van der Waals surface area contributed by atoms with Gasteiger partial charge in [0.2, 0.25) is 11.8 Å². The van der Waals surface area contributed by atoms with Crippen LogP contribution in [-0.4, -0.2) is 45.2 Å². The van der Waals surface area contributed by atoms with E-state index < -0.39 is 0 Å². The summed E-state index contributed by atoms with van der Waals surface area (Å²) in [4.78, 5) is 16.2. The van der Waals surface area contributed by atoms with E-state index >= 15 is 0 Å². The summed E-state index contributed by atoms with van der Waals surface area (Å²) in [6.45, 7) is 2.51. The zero-order chi connectivity index (χ0) is 20.3. The van der Waals surface area contributed by atoms with Crippen LogP contribution < -0.4 is 4.74 Å². The number of rotatable bonds is 6. The van der Waals surface area contributed by atoms with Gasteiger partial charge >= 0.3 is 0 Å². The van der Waals surface area contributed by atoms with Gasteiger partial charge in [-0.3, -0.25) is 9.88 Å². The normalized spacial score (nSPS) is 22.6. The van der Waals surface area contributed by atoms with Gasteiger partial charge in [-0.25, -0.2) is 4.98 Å². The summed E-state index contributed by atoms with van der Waals surface area (Å²) in [5.41, 5.74) is 2.21. The lowest BCUT2D eigenvalue weighted by atomic mass is 9.90. The molecule has 0 N–H and O–H groups in total. The topological polar surface area (TPSA) is 77.2 Å². The third-order valence-corrected chi connectivity index (χ3v) is 6.38. The van der Waals surface area contributed by atoms with Gasteiger partial charge in [-0.1, -0.05) is 30.1 Å². The highest BCUT2D eigenvalue weighted by Gasteiger charge is 2.39. The Hall–Kier alpha value is -2.80. The number of pyridine rings is 2. The lowest BCUT2D eigenvalue weighted by Gasteiger charge is -2.16. The maximum atomic E-state index is 5.80. The summed E-state index contributed by atoms with van der Waals surface area (Å²) in [5.74, 6) is 3.17. The summed E-state index contributed by atoms with van der Waals surface area (Å²) in [7, 11) is 1.65. The minimum Gasteiger partial charge on any atom is -0.481 e. The Kier molecular flexibility index (Phi) is 5.45. The third kappa shape index (κ3) is 3.94. The second-order valence-corrected chi connectivity index (χ2v) is 8.34. The van der Waals surface area contributed by atoms with Crippen LogP contribution in [0.25, 0.3) is 0 Å². The second kappa shape index (κ2) is 8.52. The zero-order valence-corrected chi connectivity index (χ0v) is 17.3. The summed E-state index contributed by atoms with van der Waals surface area (Å²) < 4.78 is 11.1. The number of likely N-dealkylation sites (tertiary alicyclic amines) is 1. The molecule has 30 heavy (non-hydrogen) atoms. The molecule has 3 aromatic rings. The molecule has 2 aliphatic rings. The molecule has 7 nitrogen and oxygen atoms in total. The average molecular weight is 406 g/mol. The predicted octanol–water partition coefficient (Wildman–Crippen LogP) is 3.91. The molecule has 1 aliphatic carbocycles. The van der Waals surface area contributed by atoms with E-state index in [1.165, 1.54) is 31.2 Å². The molecule has 2 fully saturated rings. The fourth-order valence-electron chi connectivity index (χ4n) is 4.83. The molecule has 4 heterocycles. The zero-order valence-electron chi connectivity index (χ0n) is 17.3. The van der Waals surface area contributed by atoms with Crippen molar-refractivity contribution in [1.82, 2.24) is 25.0 Å². The van der Waals surface area contributed by atoms with E-state index in [4.69, 9.17) is 14.2 Å². The number of ether oxygens (including phenoxy) is 1. The molecule has 0 aromatic carbocycles. The van der Waals surface area contributed by atoms with E-state index in [0.717, 1.165) is 37.0 Å². The van der Waals surface area contributed by atoms with Gasteiger partial charge < -0.3 is 9.26 Å². The van der Waals surface area contributed by atoms with Crippen molar-refractivity contribution in [3.05, 3.63) is 65.7 Å². The monoisotopic (exact) mass is 405 g/mol. The summed E-state index contributed by atoms with van der Waals surface area (Å²) >= 11 is 0. The molecular formula is C23H27N5O2. The number of hydrogen-bond acceptors (Lipinski definition) is 7. The second-order valence-electron chi connectivity index (χ2n) is 8.34. The molecule has 1 saturated heterocycles. The Morgan fingerprint density at radius 3 is 2.73 bits per heavy atom. The van der Waals surface area contributed by atoms with Crippen LogP contribution in [0, 0.1) is 0 Å². The molecule has 1 saturated carbocycles. The SMILES string of the molecule is COc1cccc(CN2C[C@@H](c3cccnc3)[C@H](c3nc(C4CCCC4)no3)C2)n1. The van der Waals surface area contributed by atoms with Gasteiger partial charge in [0.25, 0.3) is 0 Å². The van der Waals surface area contributed by atoms with Crippen molar-refractivity contribution < 1.29 is 9.26 Å². The molecule has 0 radical (unpaired) electrons. The molecule has 5 rings (SSSR count). The van der Waals surface area contributed by atoms with Crippen molar-refractivity contribution in [1.29, 1.82) is 0 Å². The van der Waals surface area contributed by atoms with E-state index in [1.807, 2.05) is 36.7 Å². The summed E-state index contributed by atoms with van der Waals surface area (Å²) in [5, 5.41) is 4.35. The quantitative estimate of drug-likeness (QED) is 0.615. The molecule has 0 amide bonds. The van der Waals surface area contributed by atoms with Gasteiger partial charge in [0.1, 0.15) is 0 Å². The molecule has 0 bridgehead atoms. The molecule has 156 valence electrons. The Morgan fingerprint density at radius 2 is 1.93 bits per heavy atom. The highest BCUT2D eigenvalue weighted by Crippen LogP contribution is 2.40. The van der Waals surface area contributed by atoms with Crippen LogP contribution in [0.2, 0.25) is 0 Å². The highest BCUT2D eigenvalue weighted by molar-refractivity contribution is 5.24. The summed E-state index contributed by atoms with van der Waals surface area (Å²) in [6, 6.07) is 10.0. The standard InChI is InChI=1S/C23H27N5O2/c1-29-21-10-4-9-18(25-21)13-28-14-19(17-8-5-11-24-12-17)20(15-28)23-26-22(27-30-23)16-6-2-3-7-16/h4-5,8-12,16,19-20H,2-3,6-7,13-15H2,1H3/t19-,20+/m0/s1. The number of hydrogen-bond donors (Lipinski definition) is 0. The van der Waals surface area contributed by atoms with Gasteiger partial charge in [-0.2, -0.15) is 4.98 Å². The van der Waals surface area contributed by atoms with E-state index in [2.05, 4.69) is 26.1 Å². The molecule has 0 spiro atoms. The Bertz CT molecular complexity index is 970. The van der Waals surface area contributed by atoms with Crippen molar-refractivity contribution in [2.24, 2.45) is 0 Å². The summed E-state index contributed by atoms with van der Waals surface area (Å²) in [6.07, 6.45) is 8.64. The van der Waals surface area contributed by atoms with E-state index in [-0.39, 0.29) is 11.8 Å². The molecule has 3 aromatic heterocycles. The predicted molar refractivity (Wildman–Crippen MR) is 111 cm³/mol. The van der Waals surface area contributed by atoms with E-state index in [0.29, 0.717) is 11.8 Å². The van der Waals surface area contributed by atoms with E-state index in [1.54, 1.807) is 7.11 Å². The Morgan fingerprint density at radius 1 is 1.07 bits per heavy atom. The van der Waals surface area contributed by atoms with Crippen LogP contribution >= 0.6 is 0 Å². The number of aromatic nitrogens is 4. The number of methoxy groups -OCH3 is 1. The van der Waals surface area contributed by atoms with Crippen molar-refractivity contribution >= 4 is 0 Å². The van der Waals surface area contributed by atoms with Crippen LogP contribution in [-0.2, 0) is 6.54 Å². The van der Waals surface area contributed by atoms with Crippen molar-refractivity contribution in [2.75, 3.05) is 20.2 Å². The fraction of sp³-hybridized carbons (Fsp3) is 0.478. The van der Waals surface area contributed by atoms with Crippen molar-refractivity contribution in [2.45, 2.75) is 50.0 Å². The van der Waals surface area contributed by atoms with Crippen LogP contribution in [0.1, 0.15) is 66.4 Å². The number of nitrogens with zero attached hydrogens (tertiary/aromatic N) is 5. The van der Waals surface area contributed by atoms with Crippen LogP contribution in [0.3, 0.4) is 0 Å².